The van der Waals surface area contributed by atoms with Crippen molar-refractivity contribution in [3.8, 4) is 5.75 Å². The molecule has 3 N–H and O–H groups in total. The fraction of sp³-hybridized carbons (Fsp3) is 0.647. The van der Waals surface area contributed by atoms with Crippen molar-refractivity contribution < 1.29 is 5.11 Å². The zero-order valence-corrected chi connectivity index (χ0v) is 12.8. The van der Waals surface area contributed by atoms with Crippen LogP contribution < -0.4 is 5.73 Å². The number of aromatic hydroxyl groups is 1. The Morgan fingerprint density at radius 2 is 1.76 bits per heavy atom. The van der Waals surface area contributed by atoms with Crippen LogP contribution in [0.25, 0.3) is 0 Å². The molecule has 0 bridgehead atoms. The monoisotopic (exact) mass is 289 g/mol. The van der Waals surface area contributed by atoms with Gasteiger partial charge in [-0.05, 0) is 70.1 Å². The van der Waals surface area contributed by atoms with Crippen molar-refractivity contribution in [3.05, 3.63) is 23.8 Å². The Morgan fingerprint density at radius 1 is 1.05 bits per heavy atom. The number of nitrogens with zero attached hydrogens (tertiary/aromatic N) is 2. The molecule has 0 aliphatic carbocycles. The van der Waals surface area contributed by atoms with Crippen LogP contribution in [0.4, 0.5) is 5.69 Å². The minimum absolute atomic E-state index is 0.363. The lowest BCUT2D eigenvalue weighted by atomic mass is 9.99. The van der Waals surface area contributed by atoms with E-state index in [0.717, 1.165) is 36.9 Å². The van der Waals surface area contributed by atoms with E-state index >= 15 is 0 Å². The third-order valence-corrected chi connectivity index (χ3v) is 4.96. The molecule has 116 valence electrons. The van der Waals surface area contributed by atoms with Crippen molar-refractivity contribution in [2.75, 3.05) is 31.9 Å². The Bertz CT molecular complexity index is 463. The van der Waals surface area contributed by atoms with Gasteiger partial charge in [0.1, 0.15) is 5.75 Å². The third-order valence-electron chi connectivity index (χ3n) is 4.96. The molecule has 0 atom stereocenters. The van der Waals surface area contributed by atoms with E-state index in [1.165, 1.54) is 45.2 Å². The summed E-state index contributed by atoms with van der Waals surface area (Å²) in [6.45, 7) is 5.63. The summed E-state index contributed by atoms with van der Waals surface area (Å²) in [4.78, 5) is 5.13. The van der Waals surface area contributed by atoms with Crippen LogP contribution in [0.15, 0.2) is 18.2 Å². The topological polar surface area (TPSA) is 52.7 Å². The Kier molecular flexibility index (Phi) is 4.66. The van der Waals surface area contributed by atoms with E-state index in [9.17, 15) is 5.11 Å². The summed E-state index contributed by atoms with van der Waals surface area (Å²) in [5.74, 6) is 0.363. The molecule has 1 aromatic carbocycles. The summed E-state index contributed by atoms with van der Waals surface area (Å²) in [7, 11) is 0. The van der Waals surface area contributed by atoms with Crippen LogP contribution in [-0.2, 0) is 6.54 Å². The van der Waals surface area contributed by atoms with Gasteiger partial charge in [-0.15, -0.1) is 0 Å². The Balaban J connectivity index is 1.52. The van der Waals surface area contributed by atoms with Crippen molar-refractivity contribution in [1.82, 2.24) is 9.80 Å². The molecule has 21 heavy (non-hydrogen) atoms. The summed E-state index contributed by atoms with van der Waals surface area (Å²) in [6.07, 6.45) is 6.66. The van der Waals surface area contributed by atoms with Crippen molar-refractivity contribution in [1.29, 1.82) is 0 Å². The molecule has 3 rings (SSSR count). The first-order valence-corrected chi connectivity index (χ1v) is 8.26. The number of phenols is 1. The van der Waals surface area contributed by atoms with E-state index in [1.54, 1.807) is 12.1 Å². The molecule has 4 heteroatoms. The molecule has 1 aromatic rings. The molecular weight excluding hydrogens is 262 g/mol. The second kappa shape index (κ2) is 6.67. The average Bonchev–Trinajstić information content (AvgIpc) is 2.53. The molecule has 0 saturated carbocycles. The van der Waals surface area contributed by atoms with E-state index in [0.29, 0.717) is 5.75 Å². The number of anilines is 1. The molecule has 0 unspecified atom stereocenters. The van der Waals surface area contributed by atoms with E-state index in [-0.39, 0.29) is 0 Å². The smallest absolute Gasteiger partial charge is 0.120 e. The third kappa shape index (κ3) is 3.69. The van der Waals surface area contributed by atoms with Gasteiger partial charge in [-0.3, -0.25) is 4.90 Å². The van der Waals surface area contributed by atoms with Crippen LogP contribution >= 0.6 is 0 Å². The van der Waals surface area contributed by atoms with Gasteiger partial charge in [0.2, 0.25) is 0 Å². The van der Waals surface area contributed by atoms with Crippen LogP contribution in [0.1, 0.15) is 37.7 Å². The van der Waals surface area contributed by atoms with Crippen LogP contribution in [-0.4, -0.2) is 47.1 Å². The molecule has 0 spiro atoms. The highest BCUT2D eigenvalue weighted by atomic mass is 16.3. The van der Waals surface area contributed by atoms with Crippen LogP contribution in [0.2, 0.25) is 0 Å². The van der Waals surface area contributed by atoms with E-state index < -0.39 is 0 Å². The summed E-state index contributed by atoms with van der Waals surface area (Å²) >= 11 is 0. The number of benzene rings is 1. The van der Waals surface area contributed by atoms with Crippen LogP contribution in [0, 0.1) is 0 Å². The Hall–Kier alpha value is -1.26. The van der Waals surface area contributed by atoms with Crippen LogP contribution in [0.3, 0.4) is 0 Å². The molecule has 0 radical (unpaired) electrons. The molecule has 4 nitrogen and oxygen atoms in total. The maximum atomic E-state index is 9.93. The predicted molar refractivity (Wildman–Crippen MR) is 86.2 cm³/mol. The van der Waals surface area contributed by atoms with Gasteiger partial charge in [0.25, 0.3) is 0 Å². The zero-order valence-electron chi connectivity index (χ0n) is 12.8. The lowest BCUT2D eigenvalue weighted by Gasteiger charge is -2.40. The number of nitrogen functional groups attached to an aromatic ring is 1. The van der Waals surface area contributed by atoms with Crippen LogP contribution in [0.5, 0.6) is 5.75 Å². The van der Waals surface area contributed by atoms with E-state index in [2.05, 4.69) is 9.80 Å². The van der Waals surface area contributed by atoms with E-state index in [4.69, 9.17) is 5.73 Å². The lowest BCUT2D eigenvalue weighted by molar-refractivity contribution is 0.0893. The molecule has 2 aliphatic rings. The highest BCUT2D eigenvalue weighted by Gasteiger charge is 2.25. The SMILES string of the molecule is Nc1ccc(O)c(CN2CCC(N3CCCCC3)CC2)c1. The van der Waals surface area contributed by atoms with Gasteiger partial charge in [-0.25, -0.2) is 0 Å². The van der Waals surface area contributed by atoms with Crippen molar-refractivity contribution >= 4 is 5.69 Å². The summed E-state index contributed by atoms with van der Waals surface area (Å²) in [5.41, 5.74) is 7.49. The molecule has 2 heterocycles. The normalized spacial score (nSPS) is 22.5. The Morgan fingerprint density at radius 3 is 2.48 bits per heavy atom. The zero-order chi connectivity index (χ0) is 14.7. The van der Waals surface area contributed by atoms with Gasteiger partial charge >= 0.3 is 0 Å². The molecule has 2 fully saturated rings. The van der Waals surface area contributed by atoms with Gasteiger partial charge in [-0.1, -0.05) is 6.42 Å². The summed E-state index contributed by atoms with van der Waals surface area (Å²) in [6, 6.07) is 6.12. The number of phenolic OH excluding ortho intramolecular Hbond substituents is 1. The Labute approximate surface area is 127 Å². The highest BCUT2D eigenvalue weighted by molar-refractivity contribution is 5.47. The quantitative estimate of drug-likeness (QED) is 0.663. The van der Waals surface area contributed by atoms with E-state index in [1.807, 2.05) is 6.07 Å². The first-order chi connectivity index (χ1) is 10.2. The number of nitrogens with two attached hydrogens (primary N) is 1. The lowest BCUT2D eigenvalue weighted by Crippen LogP contribution is -2.46. The number of rotatable bonds is 3. The maximum absolute atomic E-state index is 9.93. The molecule has 0 aromatic heterocycles. The molecule has 0 amide bonds. The van der Waals surface area contributed by atoms with Gasteiger partial charge in [0.15, 0.2) is 0 Å². The fourth-order valence-electron chi connectivity index (χ4n) is 3.70. The summed E-state index contributed by atoms with van der Waals surface area (Å²) < 4.78 is 0. The number of hydrogen-bond acceptors (Lipinski definition) is 4. The van der Waals surface area contributed by atoms with Crippen molar-refractivity contribution in [2.24, 2.45) is 0 Å². The number of hydrogen-bond donors (Lipinski definition) is 2. The van der Waals surface area contributed by atoms with Gasteiger partial charge in [-0.2, -0.15) is 0 Å². The largest absolute Gasteiger partial charge is 0.508 e. The predicted octanol–water partition coefficient (Wildman–Crippen LogP) is 2.42. The molecular formula is C17H27N3O. The fourth-order valence-corrected chi connectivity index (χ4v) is 3.70. The first kappa shape index (κ1) is 14.7. The van der Waals surface area contributed by atoms with Crippen molar-refractivity contribution in [3.63, 3.8) is 0 Å². The molecule has 2 aliphatic heterocycles. The second-order valence-electron chi connectivity index (χ2n) is 6.49. The highest BCUT2D eigenvalue weighted by Crippen LogP contribution is 2.25. The summed E-state index contributed by atoms with van der Waals surface area (Å²) in [5, 5.41) is 9.93. The average molecular weight is 289 g/mol. The minimum Gasteiger partial charge on any atom is -0.508 e. The van der Waals surface area contributed by atoms with Gasteiger partial charge in [0, 0.05) is 23.8 Å². The van der Waals surface area contributed by atoms with Gasteiger partial charge < -0.3 is 15.7 Å². The first-order valence-electron chi connectivity index (χ1n) is 8.26. The minimum atomic E-state index is 0.363. The number of piperidine rings is 2. The second-order valence-corrected chi connectivity index (χ2v) is 6.49. The standard InChI is InChI=1S/C17H27N3O/c18-15-4-5-17(21)14(12-15)13-19-10-6-16(7-11-19)20-8-2-1-3-9-20/h4-5,12,16,21H,1-3,6-11,13,18H2. The maximum Gasteiger partial charge on any atom is 0.120 e. The van der Waals surface area contributed by atoms with Gasteiger partial charge in [0.05, 0.1) is 0 Å². The molecule has 2 saturated heterocycles. The van der Waals surface area contributed by atoms with Crippen molar-refractivity contribution in [2.45, 2.75) is 44.7 Å². The number of likely N-dealkylation sites (tertiary alicyclic amines) is 2.